The number of benzene rings is 2. The van der Waals surface area contributed by atoms with Crippen LogP contribution in [0.25, 0.3) is 10.9 Å². The van der Waals surface area contributed by atoms with Gasteiger partial charge in [0.1, 0.15) is 0 Å². The molecule has 164 valence electrons. The van der Waals surface area contributed by atoms with Crippen molar-refractivity contribution in [2.75, 3.05) is 25.4 Å². The van der Waals surface area contributed by atoms with E-state index in [4.69, 9.17) is 0 Å². The zero-order valence-electron chi connectivity index (χ0n) is 17.4. The van der Waals surface area contributed by atoms with Crippen LogP contribution in [0.1, 0.15) is 24.2 Å². The molecule has 1 aromatic heterocycles. The van der Waals surface area contributed by atoms with E-state index >= 15 is 0 Å². The van der Waals surface area contributed by atoms with Crippen molar-refractivity contribution >= 4 is 38.6 Å². The van der Waals surface area contributed by atoms with E-state index in [2.05, 4.69) is 10.3 Å². The first-order chi connectivity index (χ1) is 14.9. The minimum atomic E-state index is -3.69. The SMILES string of the molecule is CCN(CC)S(=O)(=O)c1ccc2[nH]c(=O)cc(C(=O)NCCSc3ccccc3)c2c1. The fourth-order valence-corrected chi connectivity index (χ4v) is 5.51. The van der Waals surface area contributed by atoms with Crippen molar-refractivity contribution in [1.29, 1.82) is 0 Å². The average molecular weight is 460 g/mol. The molecule has 0 fully saturated rings. The third-order valence-electron chi connectivity index (χ3n) is 4.80. The zero-order chi connectivity index (χ0) is 22.4. The van der Waals surface area contributed by atoms with Crippen molar-refractivity contribution in [1.82, 2.24) is 14.6 Å². The number of nitrogens with zero attached hydrogens (tertiary/aromatic N) is 1. The maximum Gasteiger partial charge on any atom is 0.252 e. The van der Waals surface area contributed by atoms with Crippen LogP contribution in [0.15, 0.2) is 69.2 Å². The lowest BCUT2D eigenvalue weighted by atomic mass is 10.1. The number of thioether (sulfide) groups is 1. The summed E-state index contributed by atoms with van der Waals surface area (Å²) in [7, 11) is -3.69. The largest absolute Gasteiger partial charge is 0.351 e. The van der Waals surface area contributed by atoms with Gasteiger partial charge in [-0.1, -0.05) is 32.0 Å². The molecule has 1 heterocycles. The smallest absolute Gasteiger partial charge is 0.252 e. The summed E-state index contributed by atoms with van der Waals surface area (Å²) in [4.78, 5) is 28.7. The fraction of sp³-hybridized carbons (Fsp3) is 0.273. The van der Waals surface area contributed by atoms with Crippen LogP contribution in [0.5, 0.6) is 0 Å². The second kappa shape index (κ2) is 10.1. The Hall–Kier alpha value is -2.62. The summed E-state index contributed by atoms with van der Waals surface area (Å²) in [5, 5.41) is 3.21. The number of sulfonamides is 1. The van der Waals surface area contributed by atoms with Crippen molar-refractivity contribution in [2.24, 2.45) is 0 Å². The van der Waals surface area contributed by atoms with Gasteiger partial charge in [-0.2, -0.15) is 4.31 Å². The minimum Gasteiger partial charge on any atom is -0.351 e. The van der Waals surface area contributed by atoms with Crippen molar-refractivity contribution < 1.29 is 13.2 Å². The number of carbonyl (C=O) groups excluding carboxylic acids is 1. The predicted molar refractivity (Wildman–Crippen MR) is 124 cm³/mol. The van der Waals surface area contributed by atoms with Gasteiger partial charge in [0.05, 0.1) is 10.5 Å². The highest BCUT2D eigenvalue weighted by Gasteiger charge is 2.23. The van der Waals surface area contributed by atoms with Gasteiger partial charge in [-0.3, -0.25) is 9.59 Å². The molecule has 7 nitrogen and oxygen atoms in total. The predicted octanol–water partition coefficient (Wildman–Crippen LogP) is 3.08. The first-order valence-corrected chi connectivity index (χ1v) is 12.4. The normalized spacial score (nSPS) is 11.7. The molecule has 31 heavy (non-hydrogen) atoms. The van der Waals surface area contributed by atoms with E-state index in [1.807, 2.05) is 30.3 Å². The van der Waals surface area contributed by atoms with Crippen LogP contribution in [0, 0.1) is 0 Å². The van der Waals surface area contributed by atoms with Crippen LogP contribution >= 0.6 is 11.8 Å². The number of aromatic amines is 1. The Balaban J connectivity index is 1.85. The lowest BCUT2D eigenvalue weighted by Crippen LogP contribution is -2.30. The van der Waals surface area contributed by atoms with Gasteiger partial charge in [-0.05, 0) is 30.3 Å². The number of hydrogen-bond donors (Lipinski definition) is 2. The second-order valence-electron chi connectivity index (χ2n) is 6.76. The van der Waals surface area contributed by atoms with Crippen molar-refractivity contribution in [2.45, 2.75) is 23.6 Å². The highest BCUT2D eigenvalue weighted by Crippen LogP contribution is 2.23. The van der Waals surface area contributed by atoms with Gasteiger partial charge >= 0.3 is 0 Å². The molecule has 2 aromatic carbocycles. The number of H-pyrrole nitrogens is 1. The molecular formula is C22H25N3O4S2. The Morgan fingerprint density at radius 2 is 1.77 bits per heavy atom. The van der Waals surface area contributed by atoms with Crippen LogP contribution in [0.4, 0.5) is 0 Å². The fourth-order valence-electron chi connectivity index (χ4n) is 3.24. The summed E-state index contributed by atoms with van der Waals surface area (Å²) in [6.07, 6.45) is 0. The third-order valence-corrected chi connectivity index (χ3v) is 7.86. The zero-order valence-corrected chi connectivity index (χ0v) is 19.1. The van der Waals surface area contributed by atoms with E-state index in [0.29, 0.717) is 36.3 Å². The molecule has 0 saturated heterocycles. The number of carbonyl (C=O) groups is 1. The lowest BCUT2D eigenvalue weighted by Gasteiger charge is -2.19. The number of aromatic nitrogens is 1. The molecule has 2 N–H and O–H groups in total. The summed E-state index contributed by atoms with van der Waals surface area (Å²) >= 11 is 1.61. The molecule has 0 saturated carbocycles. The summed E-state index contributed by atoms with van der Waals surface area (Å²) in [6, 6.07) is 15.5. The summed E-state index contributed by atoms with van der Waals surface area (Å²) in [5.41, 5.74) is 0.144. The molecule has 0 unspecified atom stereocenters. The highest BCUT2D eigenvalue weighted by molar-refractivity contribution is 7.99. The second-order valence-corrected chi connectivity index (χ2v) is 9.87. The molecule has 3 aromatic rings. The molecule has 0 spiro atoms. The van der Waals surface area contributed by atoms with Crippen molar-refractivity contribution in [3.05, 3.63) is 70.5 Å². The lowest BCUT2D eigenvalue weighted by molar-refractivity contribution is 0.0957. The molecule has 0 aliphatic carbocycles. The molecule has 9 heteroatoms. The monoisotopic (exact) mass is 459 g/mol. The van der Waals surface area contributed by atoms with E-state index in [-0.39, 0.29) is 10.5 Å². The molecule has 3 rings (SSSR count). The number of amides is 1. The first kappa shape index (κ1) is 23.1. The molecular weight excluding hydrogens is 434 g/mol. The van der Waals surface area contributed by atoms with Gasteiger partial charge in [0.15, 0.2) is 0 Å². The maximum absolute atomic E-state index is 12.9. The van der Waals surface area contributed by atoms with Gasteiger partial charge in [0.25, 0.3) is 5.91 Å². The van der Waals surface area contributed by atoms with Crippen LogP contribution < -0.4 is 10.9 Å². The van der Waals surface area contributed by atoms with Gasteiger partial charge < -0.3 is 10.3 Å². The third kappa shape index (κ3) is 5.36. The van der Waals surface area contributed by atoms with E-state index in [9.17, 15) is 18.0 Å². The molecule has 0 aliphatic heterocycles. The Morgan fingerprint density at radius 1 is 1.06 bits per heavy atom. The maximum atomic E-state index is 12.9. The number of nitrogens with one attached hydrogen (secondary N) is 2. The first-order valence-electron chi connectivity index (χ1n) is 10.00. The summed E-state index contributed by atoms with van der Waals surface area (Å²) < 4.78 is 27.1. The highest BCUT2D eigenvalue weighted by atomic mass is 32.2. The number of fused-ring (bicyclic) bond motifs is 1. The number of rotatable bonds is 9. The van der Waals surface area contributed by atoms with Crippen LogP contribution in [0.3, 0.4) is 0 Å². The average Bonchev–Trinajstić information content (AvgIpc) is 2.77. The van der Waals surface area contributed by atoms with Crippen molar-refractivity contribution in [3.8, 4) is 0 Å². The Bertz CT molecular complexity index is 1220. The Labute approximate surface area is 185 Å². The molecule has 0 bridgehead atoms. The Kier molecular flexibility index (Phi) is 7.53. The quantitative estimate of drug-likeness (QED) is 0.378. The summed E-state index contributed by atoms with van der Waals surface area (Å²) in [5.74, 6) is 0.250. The molecule has 1 amide bonds. The van der Waals surface area contributed by atoms with Gasteiger partial charge in [-0.25, -0.2) is 8.42 Å². The number of pyridine rings is 1. The topological polar surface area (TPSA) is 99.3 Å². The van der Waals surface area contributed by atoms with E-state index in [0.717, 1.165) is 4.90 Å². The van der Waals surface area contributed by atoms with E-state index in [1.54, 1.807) is 25.6 Å². The minimum absolute atomic E-state index is 0.0874. The van der Waals surface area contributed by atoms with Gasteiger partial charge in [0.2, 0.25) is 15.6 Å². The molecule has 0 radical (unpaired) electrons. The number of hydrogen-bond acceptors (Lipinski definition) is 5. The molecule has 0 aliphatic rings. The Morgan fingerprint density at radius 3 is 2.45 bits per heavy atom. The van der Waals surface area contributed by atoms with Crippen LogP contribution in [-0.4, -0.2) is 49.0 Å². The molecule has 0 atom stereocenters. The van der Waals surface area contributed by atoms with Gasteiger partial charge in [-0.15, -0.1) is 11.8 Å². The van der Waals surface area contributed by atoms with E-state index < -0.39 is 21.5 Å². The van der Waals surface area contributed by atoms with Gasteiger partial charge in [0, 0.05) is 47.3 Å². The van der Waals surface area contributed by atoms with E-state index in [1.165, 1.54) is 28.6 Å². The van der Waals surface area contributed by atoms with Crippen LogP contribution in [0.2, 0.25) is 0 Å². The standard InChI is InChI=1S/C22H25N3O4S2/c1-3-25(4-2)31(28,29)17-10-11-20-18(14-17)19(15-21(26)24-20)22(27)23-12-13-30-16-8-6-5-7-9-16/h5-11,14-15H,3-4,12-13H2,1-2H3,(H,23,27)(H,24,26). The van der Waals surface area contributed by atoms with Crippen LogP contribution in [-0.2, 0) is 10.0 Å². The van der Waals surface area contributed by atoms with Crippen molar-refractivity contribution in [3.63, 3.8) is 0 Å². The summed E-state index contributed by atoms with van der Waals surface area (Å²) in [6.45, 7) is 4.63.